The molecule has 3 aromatic heterocycles. The maximum Gasteiger partial charge on any atom is 0.416 e. The number of anilines is 2. The Balaban J connectivity index is 1.25. The third-order valence-corrected chi connectivity index (χ3v) is 9.42. The number of alkyl halides is 3. The number of hydrogen-bond donors (Lipinski definition) is 2. The van der Waals surface area contributed by atoms with Gasteiger partial charge in [0.05, 0.1) is 40.9 Å². The summed E-state index contributed by atoms with van der Waals surface area (Å²) in [4.78, 5) is 57.0. The molecule has 0 unspecified atom stereocenters. The van der Waals surface area contributed by atoms with Crippen LogP contribution in [0.1, 0.15) is 45.5 Å². The number of carbonyl (C=O) groups excluding carboxylic acids is 2. The number of halogens is 4. The Morgan fingerprint density at radius 2 is 1.79 bits per heavy atom. The van der Waals surface area contributed by atoms with E-state index in [4.69, 9.17) is 21.3 Å². The van der Waals surface area contributed by atoms with Gasteiger partial charge in [-0.05, 0) is 48.7 Å². The zero-order valence-electron chi connectivity index (χ0n) is 27.9. The number of aromatic nitrogens is 6. The molecule has 0 spiro atoms. The Kier molecular flexibility index (Phi) is 9.08. The highest BCUT2D eigenvalue weighted by Gasteiger charge is 2.32. The van der Waals surface area contributed by atoms with Crippen LogP contribution in [-0.2, 0) is 41.9 Å². The smallest absolute Gasteiger partial charge is 0.416 e. The van der Waals surface area contributed by atoms with Crippen LogP contribution < -0.4 is 15.8 Å². The Hall–Kier alpha value is -5.55. The molecule has 0 radical (unpaired) electrons. The molecule has 52 heavy (non-hydrogen) atoms. The van der Waals surface area contributed by atoms with E-state index in [1.54, 1.807) is 11.5 Å². The first kappa shape index (κ1) is 34.9. The fourth-order valence-electron chi connectivity index (χ4n) is 6.40. The summed E-state index contributed by atoms with van der Waals surface area (Å²) in [5.41, 5.74) is 2.01. The predicted octanol–water partition coefficient (Wildman–Crippen LogP) is 4.23. The second kappa shape index (κ2) is 13.5. The average Bonchev–Trinajstić information content (AvgIpc) is 3.79. The van der Waals surface area contributed by atoms with Gasteiger partial charge < -0.3 is 29.5 Å². The first-order chi connectivity index (χ1) is 24.8. The lowest BCUT2D eigenvalue weighted by Crippen LogP contribution is -2.51. The highest BCUT2D eigenvalue weighted by molar-refractivity contribution is 6.33. The third kappa shape index (κ3) is 6.41. The molecule has 1 saturated heterocycles. The van der Waals surface area contributed by atoms with Gasteiger partial charge in [0.15, 0.2) is 17.3 Å². The number of piperazine rings is 1. The van der Waals surface area contributed by atoms with Crippen molar-refractivity contribution in [1.82, 2.24) is 34.0 Å². The van der Waals surface area contributed by atoms with Crippen molar-refractivity contribution < 1.29 is 32.6 Å². The highest BCUT2D eigenvalue weighted by Crippen LogP contribution is 2.34. The van der Waals surface area contributed by atoms with Gasteiger partial charge in [0.2, 0.25) is 11.7 Å². The molecule has 0 atom stereocenters. The van der Waals surface area contributed by atoms with Crippen molar-refractivity contribution >= 4 is 40.6 Å². The zero-order valence-corrected chi connectivity index (χ0v) is 28.6. The molecule has 7 rings (SSSR count). The maximum absolute atomic E-state index is 14.3. The largest absolute Gasteiger partial charge is 0.504 e. The summed E-state index contributed by atoms with van der Waals surface area (Å²) in [5.74, 6) is -1.10. The molecular formula is C34H31ClF3N9O5. The summed E-state index contributed by atoms with van der Waals surface area (Å²) < 4.78 is 47.9. The number of carbonyl (C=O) groups is 2. The van der Waals surface area contributed by atoms with Crippen molar-refractivity contribution in [2.24, 2.45) is 0 Å². The number of nitrogens with one attached hydrogen (secondary N) is 1. The Morgan fingerprint density at radius 1 is 1.04 bits per heavy atom. The van der Waals surface area contributed by atoms with E-state index in [0.29, 0.717) is 24.5 Å². The number of benzene rings is 2. The van der Waals surface area contributed by atoms with Crippen LogP contribution in [0.25, 0.3) is 17.2 Å². The number of aromatic hydroxyl groups is 1. The van der Waals surface area contributed by atoms with Crippen molar-refractivity contribution in [2.45, 2.75) is 46.2 Å². The molecule has 0 bridgehead atoms. The van der Waals surface area contributed by atoms with Gasteiger partial charge in [-0.25, -0.2) is 9.97 Å². The number of fused-ring (bicyclic) bond motifs is 2. The normalized spacial score (nSPS) is 14.6. The first-order valence-electron chi connectivity index (χ1n) is 16.3. The van der Waals surface area contributed by atoms with Gasteiger partial charge in [0, 0.05) is 31.7 Å². The molecule has 5 heterocycles. The number of amides is 2. The molecule has 2 aliphatic heterocycles. The van der Waals surface area contributed by atoms with Crippen molar-refractivity contribution in [2.75, 3.05) is 36.4 Å². The zero-order chi connectivity index (χ0) is 36.9. The van der Waals surface area contributed by atoms with Gasteiger partial charge in [-0.3, -0.25) is 14.4 Å². The van der Waals surface area contributed by atoms with Gasteiger partial charge in [-0.15, -0.1) is 5.10 Å². The lowest BCUT2D eigenvalue weighted by Gasteiger charge is -2.36. The fraction of sp³-hybridized carbons (Fsp3) is 0.324. The van der Waals surface area contributed by atoms with Gasteiger partial charge in [0.1, 0.15) is 18.6 Å². The van der Waals surface area contributed by atoms with Crippen molar-refractivity contribution in [3.05, 3.63) is 91.9 Å². The first-order valence-corrected chi connectivity index (χ1v) is 16.7. The van der Waals surface area contributed by atoms with E-state index in [1.807, 2.05) is 30.0 Å². The molecular weight excluding hydrogens is 707 g/mol. The summed E-state index contributed by atoms with van der Waals surface area (Å²) in [6.45, 7) is 4.72. The number of hydrogen-bond acceptors (Lipinski definition) is 10. The van der Waals surface area contributed by atoms with E-state index in [0.717, 1.165) is 33.8 Å². The Labute approximate surface area is 298 Å². The van der Waals surface area contributed by atoms with E-state index in [2.05, 4.69) is 20.4 Å². The van der Waals surface area contributed by atoms with Crippen LogP contribution in [0.2, 0.25) is 5.02 Å². The number of nitrogens with zero attached hydrogens (tertiary/aromatic N) is 8. The monoisotopic (exact) mass is 737 g/mol. The molecule has 14 nitrogen and oxygen atoms in total. The molecule has 270 valence electrons. The minimum atomic E-state index is -4.62. The van der Waals surface area contributed by atoms with Gasteiger partial charge in [-0.1, -0.05) is 30.7 Å². The number of ether oxygens (including phenoxy) is 1. The van der Waals surface area contributed by atoms with Gasteiger partial charge in [0.25, 0.3) is 11.5 Å². The van der Waals surface area contributed by atoms with Crippen LogP contribution in [0.15, 0.2) is 47.5 Å². The second-order valence-corrected chi connectivity index (χ2v) is 12.7. The summed E-state index contributed by atoms with van der Waals surface area (Å²) in [6, 6.07) is 8.24. The molecule has 1 fully saturated rings. The predicted molar refractivity (Wildman–Crippen MR) is 182 cm³/mol. The SMILES string of the molecule is CCc1c(N2CCN(C(=O)c3ncnc(C)c3O)CC2)c(=O)n2nc(-c3ccc4c(c3)COC4)nc2n1CC(=O)Nc1ccc(C(F)(F)F)cc1Cl. The summed E-state index contributed by atoms with van der Waals surface area (Å²) in [7, 11) is 0. The lowest BCUT2D eigenvalue weighted by molar-refractivity contribution is -0.137. The van der Waals surface area contributed by atoms with Crippen molar-refractivity contribution in [3.8, 4) is 17.1 Å². The Bertz CT molecular complexity index is 2300. The summed E-state index contributed by atoms with van der Waals surface area (Å²) in [6.07, 6.45) is -3.14. The van der Waals surface area contributed by atoms with E-state index in [1.165, 1.54) is 11.2 Å². The average molecular weight is 738 g/mol. The topological polar surface area (TPSA) is 160 Å². The number of rotatable bonds is 7. The van der Waals surface area contributed by atoms with E-state index in [-0.39, 0.29) is 77.7 Å². The van der Waals surface area contributed by atoms with Crippen LogP contribution in [0.5, 0.6) is 5.75 Å². The molecule has 2 aromatic carbocycles. The van der Waals surface area contributed by atoms with E-state index >= 15 is 0 Å². The minimum Gasteiger partial charge on any atom is -0.504 e. The van der Waals surface area contributed by atoms with Crippen LogP contribution in [0.3, 0.4) is 0 Å². The van der Waals surface area contributed by atoms with Crippen LogP contribution in [0, 0.1) is 6.92 Å². The van der Waals surface area contributed by atoms with E-state index < -0.39 is 35.7 Å². The molecule has 0 saturated carbocycles. The molecule has 2 aliphatic rings. The minimum absolute atomic E-state index is 0.0248. The number of aryl methyl sites for hydroxylation is 1. The molecule has 5 aromatic rings. The standard InChI is InChI=1S/C34H31ClF3N9O5/c1-3-25-28(44-8-10-45(11-9-44)31(50)27-29(49)18(2)39-17-40-27)32(51)47-33(42-30(43-47)19-4-5-20-15-52-16-21(20)12-19)46(25)14-26(48)41-24-7-6-22(13-23(24)35)34(36,37)38/h4-7,12-13,17,49H,3,8-11,14-16H2,1-2H3,(H,41,48). The maximum atomic E-state index is 14.3. The van der Waals surface area contributed by atoms with Crippen molar-refractivity contribution in [1.29, 1.82) is 0 Å². The van der Waals surface area contributed by atoms with Crippen LogP contribution in [-0.4, -0.2) is 77.1 Å². The van der Waals surface area contributed by atoms with Crippen molar-refractivity contribution in [3.63, 3.8) is 0 Å². The lowest BCUT2D eigenvalue weighted by atomic mass is 10.1. The fourth-order valence-corrected chi connectivity index (χ4v) is 6.62. The highest BCUT2D eigenvalue weighted by atomic mass is 35.5. The van der Waals surface area contributed by atoms with E-state index in [9.17, 15) is 32.7 Å². The van der Waals surface area contributed by atoms with Gasteiger partial charge in [-0.2, -0.15) is 22.7 Å². The summed E-state index contributed by atoms with van der Waals surface area (Å²) in [5, 5.41) is 17.2. The molecule has 18 heteroatoms. The second-order valence-electron chi connectivity index (χ2n) is 12.3. The molecule has 0 aliphatic carbocycles. The van der Waals surface area contributed by atoms with Gasteiger partial charge >= 0.3 is 6.18 Å². The molecule has 2 N–H and O–H groups in total. The van der Waals surface area contributed by atoms with Crippen LogP contribution in [0.4, 0.5) is 24.5 Å². The quantitative estimate of drug-likeness (QED) is 0.248. The van der Waals surface area contributed by atoms with Crippen LogP contribution >= 0.6 is 11.6 Å². The Morgan fingerprint density at radius 3 is 2.50 bits per heavy atom. The summed E-state index contributed by atoms with van der Waals surface area (Å²) >= 11 is 6.13. The third-order valence-electron chi connectivity index (χ3n) is 9.10. The molecule has 2 amide bonds.